The van der Waals surface area contributed by atoms with Gasteiger partial charge in [0, 0.05) is 19.6 Å². The molecule has 2 fully saturated rings. The Morgan fingerprint density at radius 1 is 1.45 bits per heavy atom. The Hall–Kier alpha value is -1.83. The minimum atomic E-state index is -0.299. The summed E-state index contributed by atoms with van der Waals surface area (Å²) in [6, 6.07) is -0.0405. The summed E-state index contributed by atoms with van der Waals surface area (Å²) in [6.07, 6.45) is 2.74. The predicted octanol–water partition coefficient (Wildman–Crippen LogP) is 0.260. The molecule has 0 bridgehead atoms. The van der Waals surface area contributed by atoms with E-state index >= 15 is 0 Å². The summed E-state index contributed by atoms with van der Waals surface area (Å²) in [5.74, 6) is 0.0417. The number of nitrogens with zero attached hydrogens (tertiary/aromatic N) is 2. The molecule has 3 rings (SSSR count). The molecular weight excluding hydrogens is 278 g/mol. The van der Waals surface area contributed by atoms with Gasteiger partial charge in [0.1, 0.15) is 16.6 Å². The Bertz CT molecular complexity index is 554. The normalized spacial score (nSPS) is 22.1. The van der Waals surface area contributed by atoms with Crippen LogP contribution in [0, 0.1) is 0 Å². The van der Waals surface area contributed by atoms with Crippen LogP contribution >= 0.6 is 11.5 Å². The molecular formula is C12H17N5O2S. The molecule has 1 atom stereocenters. The maximum Gasteiger partial charge on any atom is 0.258 e. The molecule has 2 heterocycles. The molecule has 1 unspecified atom stereocenters. The van der Waals surface area contributed by atoms with Crippen molar-refractivity contribution in [3.63, 3.8) is 0 Å². The maximum atomic E-state index is 12.2. The molecule has 4 N–H and O–H groups in total. The first-order valence-corrected chi connectivity index (χ1v) is 7.41. The van der Waals surface area contributed by atoms with Crippen molar-refractivity contribution in [1.82, 2.24) is 14.6 Å². The minimum Gasteiger partial charge on any atom is -0.382 e. The van der Waals surface area contributed by atoms with Crippen molar-refractivity contribution in [2.24, 2.45) is 0 Å². The number of nitrogens with two attached hydrogens (primary N) is 1. The third-order valence-corrected chi connectivity index (χ3v) is 4.38. The topological polar surface area (TPSA) is 100 Å². The van der Waals surface area contributed by atoms with Gasteiger partial charge in [-0.1, -0.05) is 0 Å². The third-order valence-electron chi connectivity index (χ3n) is 3.59. The van der Waals surface area contributed by atoms with Gasteiger partial charge in [0.2, 0.25) is 5.91 Å². The number of hydrogen-bond acceptors (Lipinski definition) is 6. The second-order valence-electron chi connectivity index (χ2n) is 5.27. The van der Waals surface area contributed by atoms with Gasteiger partial charge in [0.15, 0.2) is 5.82 Å². The van der Waals surface area contributed by atoms with Gasteiger partial charge in [-0.05, 0) is 30.8 Å². The summed E-state index contributed by atoms with van der Waals surface area (Å²) in [5.41, 5.74) is 6.14. The van der Waals surface area contributed by atoms with Crippen LogP contribution in [0.1, 0.15) is 29.6 Å². The second kappa shape index (κ2) is 4.93. The standard InChI is InChI=1S/C12H17N5O2S/c1-17-5-4-7(12(17)19)15-11-8(9(13)16-20-11)10(18)14-6-2-3-6/h6-7,15H,2-5H2,1H3,(H2,13,16)(H,14,18). The van der Waals surface area contributed by atoms with Crippen LogP contribution in [0.2, 0.25) is 0 Å². The van der Waals surface area contributed by atoms with E-state index in [0.29, 0.717) is 17.1 Å². The Morgan fingerprint density at radius 3 is 2.80 bits per heavy atom. The van der Waals surface area contributed by atoms with Gasteiger partial charge in [0.25, 0.3) is 5.91 Å². The smallest absolute Gasteiger partial charge is 0.258 e. The first-order valence-electron chi connectivity index (χ1n) is 6.64. The molecule has 108 valence electrons. The molecule has 1 aliphatic heterocycles. The SMILES string of the molecule is CN1CCC(Nc2snc(N)c2C(=O)NC2CC2)C1=O. The molecule has 0 radical (unpaired) electrons. The van der Waals surface area contributed by atoms with Crippen LogP contribution < -0.4 is 16.4 Å². The van der Waals surface area contributed by atoms with Gasteiger partial charge < -0.3 is 21.3 Å². The summed E-state index contributed by atoms with van der Waals surface area (Å²) < 4.78 is 4.02. The van der Waals surface area contributed by atoms with Gasteiger partial charge in [-0.3, -0.25) is 9.59 Å². The summed E-state index contributed by atoms with van der Waals surface area (Å²) >= 11 is 1.12. The number of carbonyl (C=O) groups excluding carboxylic acids is 2. The molecule has 1 saturated carbocycles. The Morgan fingerprint density at radius 2 is 2.20 bits per heavy atom. The quantitative estimate of drug-likeness (QED) is 0.740. The number of nitrogen functional groups attached to an aromatic ring is 1. The number of likely N-dealkylation sites (tertiary alicyclic amines) is 1. The molecule has 1 aliphatic carbocycles. The molecule has 1 aromatic rings. The van der Waals surface area contributed by atoms with Crippen molar-refractivity contribution in [1.29, 1.82) is 0 Å². The van der Waals surface area contributed by atoms with Crippen molar-refractivity contribution in [3.05, 3.63) is 5.56 Å². The highest BCUT2D eigenvalue weighted by atomic mass is 32.1. The van der Waals surface area contributed by atoms with Crippen molar-refractivity contribution in [2.75, 3.05) is 24.6 Å². The van der Waals surface area contributed by atoms with E-state index in [9.17, 15) is 9.59 Å². The van der Waals surface area contributed by atoms with Crippen molar-refractivity contribution < 1.29 is 9.59 Å². The van der Waals surface area contributed by atoms with Gasteiger partial charge in [0.05, 0.1) is 0 Å². The minimum absolute atomic E-state index is 0.0329. The number of aromatic nitrogens is 1. The molecule has 7 nitrogen and oxygen atoms in total. The zero-order valence-electron chi connectivity index (χ0n) is 11.2. The lowest BCUT2D eigenvalue weighted by Crippen LogP contribution is -2.32. The van der Waals surface area contributed by atoms with Crippen LogP contribution in [0.15, 0.2) is 0 Å². The largest absolute Gasteiger partial charge is 0.382 e. The summed E-state index contributed by atoms with van der Waals surface area (Å²) in [6.45, 7) is 0.717. The number of hydrogen-bond donors (Lipinski definition) is 3. The summed E-state index contributed by atoms with van der Waals surface area (Å²) in [7, 11) is 1.77. The van der Waals surface area contributed by atoms with Gasteiger partial charge in [-0.15, -0.1) is 0 Å². The summed E-state index contributed by atoms with van der Waals surface area (Å²) in [4.78, 5) is 25.7. The van der Waals surface area contributed by atoms with Crippen molar-refractivity contribution in [2.45, 2.75) is 31.3 Å². The first kappa shape index (κ1) is 13.2. The fourth-order valence-electron chi connectivity index (χ4n) is 2.22. The number of anilines is 2. The monoisotopic (exact) mass is 295 g/mol. The lowest BCUT2D eigenvalue weighted by Gasteiger charge is -2.13. The maximum absolute atomic E-state index is 12.2. The number of amides is 2. The highest BCUT2D eigenvalue weighted by molar-refractivity contribution is 7.11. The average molecular weight is 295 g/mol. The molecule has 2 amide bonds. The first-order chi connectivity index (χ1) is 9.56. The lowest BCUT2D eigenvalue weighted by molar-refractivity contribution is -0.127. The van der Waals surface area contributed by atoms with E-state index in [1.165, 1.54) is 0 Å². The molecule has 1 aromatic heterocycles. The van der Waals surface area contributed by atoms with Crippen LogP contribution in [0.3, 0.4) is 0 Å². The van der Waals surface area contributed by atoms with Crippen LogP contribution in [0.4, 0.5) is 10.8 Å². The number of carbonyl (C=O) groups is 2. The van der Waals surface area contributed by atoms with E-state index in [1.54, 1.807) is 11.9 Å². The van der Waals surface area contributed by atoms with E-state index in [4.69, 9.17) is 5.73 Å². The number of rotatable bonds is 4. The highest BCUT2D eigenvalue weighted by Gasteiger charge is 2.32. The molecule has 0 aromatic carbocycles. The van der Waals surface area contributed by atoms with E-state index in [2.05, 4.69) is 15.0 Å². The third kappa shape index (κ3) is 2.43. The van der Waals surface area contributed by atoms with Crippen LogP contribution in [0.25, 0.3) is 0 Å². The lowest BCUT2D eigenvalue weighted by atomic mass is 10.2. The summed E-state index contributed by atoms with van der Waals surface area (Å²) in [5, 5.41) is 6.58. The molecule has 20 heavy (non-hydrogen) atoms. The van der Waals surface area contributed by atoms with E-state index in [-0.39, 0.29) is 29.7 Å². The Balaban J connectivity index is 1.76. The molecule has 1 saturated heterocycles. The second-order valence-corrected chi connectivity index (χ2v) is 6.04. The van der Waals surface area contributed by atoms with Crippen LogP contribution in [-0.4, -0.2) is 46.8 Å². The average Bonchev–Trinajstić information content (AvgIpc) is 3.07. The number of likely N-dealkylation sites (N-methyl/N-ethyl adjacent to an activating group) is 1. The highest BCUT2D eigenvalue weighted by Crippen LogP contribution is 2.30. The Labute approximate surface area is 120 Å². The zero-order chi connectivity index (χ0) is 14.3. The Kier molecular flexibility index (Phi) is 3.25. The van der Waals surface area contributed by atoms with Crippen LogP contribution in [0.5, 0.6) is 0 Å². The van der Waals surface area contributed by atoms with Gasteiger partial charge in [-0.25, -0.2) is 0 Å². The van der Waals surface area contributed by atoms with Gasteiger partial charge in [-0.2, -0.15) is 4.37 Å². The zero-order valence-corrected chi connectivity index (χ0v) is 12.0. The predicted molar refractivity (Wildman–Crippen MR) is 76.7 cm³/mol. The van der Waals surface area contributed by atoms with Crippen LogP contribution in [-0.2, 0) is 4.79 Å². The fourth-order valence-corrected chi connectivity index (χ4v) is 2.98. The fraction of sp³-hybridized carbons (Fsp3) is 0.583. The molecule has 8 heteroatoms. The molecule has 2 aliphatic rings. The van der Waals surface area contributed by atoms with E-state index in [0.717, 1.165) is 30.8 Å². The van der Waals surface area contributed by atoms with E-state index in [1.807, 2.05) is 0 Å². The van der Waals surface area contributed by atoms with Gasteiger partial charge >= 0.3 is 0 Å². The molecule has 0 spiro atoms. The number of nitrogens with one attached hydrogen (secondary N) is 2. The van der Waals surface area contributed by atoms with E-state index < -0.39 is 0 Å². The van der Waals surface area contributed by atoms with Crippen molar-refractivity contribution in [3.8, 4) is 0 Å². The van der Waals surface area contributed by atoms with Crippen molar-refractivity contribution >= 4 is 34.2 Å².